The lowest BCUT2D eigenvalue weighted by molar-refractivity contribution is 0.351. The number of hydrogen-bond acceptors (Lipinski definition) is 1. The van der Waals surface area contributed by atoms with Crippen LogP contribution in [0.3, 0.4) is 0 Å². The van der Waals surface area contributed by atoms with E-state index in [0.717, 1.165) is 5.92 Å². The highest BCUT2D eigenvalue weighted by atomic mass is 15.3. The number of nitrogens with zero attached hydrogens (tertiary/aromatic N) is 2. The molecule has 0 bridgehead atoms. The smallest absolute Gasteiger partial charge is 0.0872 e. The fraction of sp³-hybridized carbons (Fsp3) is 0.700. The van der Waals surface area contributed by atoms with E-state index in [-0.39, 0.29) is 5.54 Å². The molecule has 0 amide bonds. The summed E-state index contributed by atoms with van der Waals surface area (Å²) in [5.74, 6) is 0.741. The van der Waals surface area contributed by atoms with Crippen molar-refractivity contribution in [1.29, 1.82) is 0 Å². The van der Waals surface area contributed by atoms with E-state index in [1.54, 1.807) is 0 Å². The van der Waals surface area contributed by atoms with E-state index in [1.165, 1.54) is 18.5 Å². The molecule has 0 N–H and O–H groups in total. The number of hydrogen-bond donors (Lipinski definition) is 0. The summed E-state index contributed by atoms with van der Waals surface area (Å²) in [4.78, 5) is 0. The van der Waals surface area contributed by atoms with Gasteiger partial charge in [0.2, 0.25) is 0 Å². The second-order valence-corrected chi connectivity index (χ2v) is 4.56. The van der Waals surface area contributed by atoms with E-state index in [0.29, 0.717) is 0 Å². The SMILES string of the molecule is CC(C)(C)n1[c]cc(C2CC2)n1. The van der Waals surface area contributed by atoms with Crippen LogP contribution >= 0.6 is 0 Å². The van der Waals surface area contributed by atoms with Gasteiger partial charge in [-0.1, -0.05) is 0 Å². The van der Waals surface area contributed by atoms with Crippen LogP contribution in [0.5, 0.6) is 0 Å². The molecule has 12 heavy (non-hydrogen) atoms. The van der Waals surface area contributed by atoms with Crippen molar-refractivity contribution in [3.8, 4) is 0 Å². The van der Waals surface area contributed by atoms with Crippen LogP contribution in [-0.2, 0) is 5.54 Å². The van der Waals surface area contributed by atoms with Crippen LogP contribution in [0.1, 0.15) is 45.2 Å². The van der Waals surface area contributed by atoms with Gasteiger partial charge in [-0.05, 0) is 39.7 Å². The van der Waals surface area contributed by atoms with Gasteiger partial charge in [0.05, 0.1) is 17.4 Å². The highest BCUT2D eigenvalue weighted by molar-refractivity contribution is 5.12. The molecule has 0 aliphatic heterocycles. The van der Waals surface area contributed by atoms with Crippen LogP contribution in [0.25, 0.3) is 0 Å². The lowest BCUT2D eigenvalue weighted by Crippen LogP contribution is -2.22. The fourth-order valence-electron chi connectivity index (χ4n) is 1.22. The highest BCUT2D eigenvalue weighted by Gasteiger charge is 2.27. The molecule has 1 aliphatic carbocycles. The number of aromatic nitrogens is 2. The van der Waals surface area contributed by atoms with Crippen molar-refractivity contribution in [1.82, 2.24) is 9.78 Å². The third-order valence-corrected chi connectivity index (χ3v) is 2.18. The molecule has 2 rings (SSSR count). The third kappa shape index (κ3) is 1.38. The second kappa shape index (κ2) is 2.35. The van der Waals surface area contributed by atoms with Gasteiger partial charge in [0.15, 0.2) is 0 Å². The van der Waals surface area contributed by atoms with Gasteiger partial charge in [-0.3, -0.25) is 4.68 Å². The first-order valence-electron chi connectivity index (χ1n) is 4.55. The second-order valence-electron chi connectivity index (χ2n) is 4.56. The molecule has 2 nitrogen and oxygen atoms in total. The Kier molecular flexibility index (Phi) is 1.53. The summed E-state index contributed by atoms with van der Waals surface area (Å²) in [7, 11) is 0. The van der Waals surface area contributed by atoms with Crippen molar-refractivity contribution in [2.45, 2.75) is 45.1 Å². The molecular weight excluding hydrogens is 148 g/mol. The predicted octanol–water partition coefficient (Wildman–Crippen LogP) is 2.32. The molecule has 2 heteroatoms. The zero-order valence-corrected chi connectivity index (χ0v) is 7.96. The van der Waals surface area contributed by atoms with E-state index >= 15 is 0 Å². The summed E-state index contributed by atoms with van der Waals surface area (Å²) in [6.07, 6.45) is 5.80. The van der Waals surface area contributed by atoms with E-state index in [9.17, 15) is 0 Å². The summed E-state index contributed by atoms with van der Waals surface area (Å²) in [5.41, 5.74) is 1.30. The van der Waals surface area contributed by atoms with Gasteiger partial charge in [0.25, 0.3) is 0 Å². The topological polar surface area (TPSA) is 17.8 Å². The molecule has 0 aromatic carbocycles. The van der Waals surface area contributed by atoms with Crippen molar-refractivity contribution in [2.75, 3.05) is 0 Å². The molecule has 0 atom stereocenters. The van der Waals surface area contributed by atoms with Crippen LogP contribution in [0.15, 0.2) is 6.07 Å². The Bertz CT molecular complexity index is 276. The van der Waals surface area contributed by atoms with Gasteiger partial charge >= 0.3 is 0 Å². The van der Waals surface area contributed by atoms with Crippen molar-refractivity contribution < 1.29 is 0 Å². The van der Waals surface area contributed by atoms with Gasteiger partial charge in [-0.15, -0.1) is 0 Å². The molecule has 0 saturated heterocycles. The Morgan fingerprint density at radius 2 is 2.17 bits per heavy atom. The minimum atomic E-state index is 0.0765. The number of rotatable bonds is 1. The quantitative estimate of drug-likeness (QED) is 0.621. The predicted molar refractivity (Wildman–Crippen MR) is 48.0 cm³/mol. The first-order valence-corrected chi connectivity index (χ1v) is 4.55. The molecule has 1 aromatic heterocycles. The zero-order chi connectivity index (χ0) is 8.77. The van der Waals surface area contributed by atoms with Crippen molar-refractivity contribution in [3.05, 3.63) is 18.0 Å². The Morgan fingerprint density at radius 1 is 1.50 bits per heavy atom. The Morgan fingerprint density at radius 3 is 2.58 bits per heavy atom. The lowest BCUT2D eigenvalue weighted by Gasteiger charge is -2.18. The van der Waals surface area contributed by atoms with E-state index in [2.05, 4.69) is 32.1 Å². The zero-order valence-electron chi connectivity index (χ0n) is 7.96. The Hall–Kier alpha value is -0.790. The molecule has 0 spiro atoms. The first-order chi connectivity index (χ1) is 5.57. The lowest BCUT2D eigenvalue weighted by atomic mass is 10.1. The van der Waals surface area contributed by atoms with Crippen LogP contribution in [0.2, 0.25) is 0 Å². The standard InChI is InChI=1S/C10H15N2/c1-10(2,3)12-7-6-9(11-12)8-4-5-8/h6,8H,4-5H2,1-3H3. The van der Waals surface area contributed by atoms with Gasteiger partial charge in [-0.25, -0.2) is 0 Å². The minimum absolute atomic E-state index is 0.0765. The molecule has 1 radical (unpaired) electrons. The van der Waals surface area contributed by atoms with Crippen LogP contribution < -0.4 is 0 Å². The molecule has 1 saturated carbocycles. The van der Waals surface area contributed by atoms with Crippen molar-refractivity contribution in [2.24, 2.45) is 0 Å². The highest BCUT2D eigenvalue weighted by Crippen LogP contribution is 2.39. The maximum Gasteiger partial charge on any atom is 0.0872 e. The Balaban J connectivity index is 2.23. The third-order valence-electron chi connectivity index (χ3n) is 2.18. The van der Waals surface area contributed by atoms with Crippen LogP contribution in [-0.4, -0.2) is 9.78 Å². The van der Waals surface area contributed by atoms with E-state index < -0.39 is 0 Å². The fourth-order valence-corrected chi connectivity index (χ4v) is 1.22. The molecule has 65 valence electrons. The summed E-state index contributed by atoms with van der Waals surface area (Å²) in [6, 6.07) is 2.03. The van der Waals surface area contributed by atoms with Gasteiger partial charge in [-0.2, -0.15) is 5.10 Å². The van der Waals surface area contributed by atoms with Crippen LogP contribution in [0.4, 0.5) is 0 Å². The molecule has 1 aromatic rings. The summed E-state index contributed by atoms with van der Waals surface area (Å²) in [5, 5.41) is 4.50. The largest absolute Gasteiger partial charge is 0.258 e. The monoisotopic (exact) mass is 163 g/mol. The van der Waals surface area contributed by atoms with Gasteiger partial charge in [0.1, 0.15) is 0 Å². The maximum absolute atomic E-state index is 4.50. The molecule has 0 unspecified atom stereocenters. The van der Waals surface area contributed by atoms with Crippen LogP contribution in [0, 0.1) is 6.20 Å². The summed E-state index contributed by atoms with van der Waals surface area (Å²) in [6.45, 7) is 6.44. The normalized spacial score (nSPS) is 18.2. The summed E-state index contributed by atoms with van der Waals surface area (Å²) >= 11 is 0. The molecule has 1 heterocycles. The van der Waals surface area contributed by atoms with Crippen molar-refractivity contribution in [3.63, 3.8) is 0 Å². The van der Waals surface area contributed by atoms with E-state index in [4.69, 9.17) is 0 Å². The minimum Gasteiger partial charge on any atom is -0.258 e. The average molecular weight is 163 g/mol. The Labute approximate surface area is 73.6 Å². The first kappa shape index (κ1) is 7.84. The van der Waals surface area contributed by atoms with Gasteiger partial charge in [0, 0.05) is 5.92 Å². The molecule has 1 fully saturated rings. The average Bonchev–Trinajstić information content (AvgIpc) is 2.66. The summed E-state index contributed by atoms with van der Waals surface area (Å²) < 4.78 is 1.93. The van der Waals surface area contributed by atoms with Gasteiger partial charge < -0.3 is 0 Å². The molecular formula is C10H15N2. The van der Waals surface area contributed by atoms with E-state index in [1.807, 2.05) is 10.7 Å². The van der Waals surface area contributed by atoms with Crippen molar-refractivity contribution >= 4 is 0 Å². The maximum atomic E-state index is 4.50. The molecule has 1 aliphatic rings.